The van der Waals surface area contributed by atoms with Gasteiger partial charge < -0.3 is 10.2 Å². The van der Waals surface area contributed by atoms with E-state index in [1.165, 1.54) is 11.3 Å². The van der Waals surface area contributed by atoms with Gasteiger partial charge in [-0.05, 0) is 37.1 Å². The molecule has 1 aromatic rings. The minimum absolute atomic E-state index is 0.00758. The van der Waals surface area contributed by atoms with Crippen LogP contribution in [0, 0.1) is 0 Å². The number of thiophene rings is 1. The van der Waals surface area contributed by atoms with Crippen molar-refractivity contribution in [2.45, 2.75) is 69.5 Å². The van der Waals surface area contributed by atoms with Crippen LogP contribution < -0.4 is 5.32 Å². The van der Waals surface area contributed by atoms with Crippen molar-refractivity contribution in [2.24, 2.45) is 0 Å². The highest BCUT2D eigenvalue weighted by atomic mass is 32.1. The van der Waals surface area contributed by atoms with Crippen LogP contribution in [0.1, 0.15) is 49.8 Å². The zero-order valence-corrected chi connectivity index (χ0v) is 15.7. The van der Waals surface area contributed by atoms with E-state index in [-0.39, 0.29) is 29.9 Å². The Bertz CT molecular complexity index is 684. The molecule has 1 aromatic heterocycles. The van der Waals surface area contributed by atoms with Gasteiger partial charge in [-0.2, -0.15) is 0 Å². The Hall–Kier alpha value is -1.89. The van der Waals surface area contributed by atoms with E-state index in [2.05, 4.69) is 5.32 Å². The molecule has 1 aliphatic carbocycles. The molecule has 2 aliphatic heterocycles. The summed E-state index contributed by atoms with van der Waals surface area (Å²) in [5, 5.41) is 5.02. The van der Waals surface area contributed by atoms with Crippen LogP contribution in [0.4, 0.5) is 4.79 Å². The Balaban J connectivity index is 1.37. The molecule has 7 heteroatoms. The summed E-state index contributed by atoms with van der Waals surface area (Å²) in [6.07, 6.45) is 6.86. The SMILES string of the molecule is O=C(Cc1cccs1)NC1CCN2C(=O)N(C3CCCCC3)C(=O)C2C1. The Morgan fingerprint density at radius 3 is 2.73 bits per heavy atom. The van der Waals surface area contributed by atoms with Gasteiger partial charge in [0.25, 0.3) is 5.91 Å². The maximum atomic E-state index is 12.9. The molecule has 0 aromatic carbocycles. The van der Waals surface area contributed by atoms with Crippen LogP contribution in [0.15, 0.2) is 17.5 Å². The second-order valence-corrected chi connectivity index (χ2v) is 8.57. The third-order valence-electron chi connectivity index (χ3n) is 5.80. The summed E-state index contributed by atoms with van der Waals surface area (Å²) in [5.41, 5.74) is 0. The molecule has 3 heterocycles. The summed E-state index contributed by atoms with van der Waals surface area (Å²) in [4.78, 5) is 42.2. The normalized spacial score (nSPS) is 26.9. The van der Waals surface area contributed by atoms with E-state index < -0.39 is 6.04 Å². The molecule has 1 saturated carbocycles. The summed E-state index contributed by atoms with van der Waals surface area (Å²) >= 11 is 1.57. The van der Waals surface area contributed by atoms with Gasteiger partial charge in [-0.3, -0.25) is 14.5 Å². The minimum Gasteiger partial charge on any atom is -0.353 e. The molecular weight excluding hydrogens is 350 g/mol. The summed E-state index contributed by atoms with van der Waals surface area (Å²) in [7, 11) is 0. The van der Waals surface area contributed by atoms with Gasteiger partial charge in [0.15, 0.2) is 0 Å². The molecule has 2 saturated heterocycles. The van der Waals surface area contributed by atoms with Crippen LogP contribution in [0.5, 0.6) is 0 Å². The van der Waals surface area contributed by atoms with Crippen molar-refractivity contribution in [3.05, 3.63) is 22.4 Å². The molecule has 4 rings (SSSR count). The van der Waals surface area contributed by atoms with Gasteiger partial charge in [0.2, 0.25) is 5.91 Å². The molecule has 3 aliphatic rings. The standard InChI is InChI=1S/C19H25N3O3S/c23-17(12-15-7-4-10-26-15)20-13-8-9-21-16(11-13)18(24)22(19(21)25)14-5-2-1-3-6-14/h4,7,10,13-14,16H,1-3,5-6,8-9,11-12H2,(H,20,23). The number of nitrogens with one attached hydrogen (secondary N) is 1. The summed E-state index contributed by atoms with van der Waals surface area (Å²) in [5.74, 6) is -0.0640. The van der Waals surface area contributed by atoms with Crippen molar-refractivity contribution in [3.63, 3.8) is 0 Å². The average Bonchev–Trinajstić information content (AvgIpc) is 3.23. The maximum Gasteiger partial charge on any atom is 0.327 e. The van der Waals surface area contributed by atoms with Crippen LogP contribution in [0.25, 0.3) is 0 Å². The summed E-state index contributed by atoms with van der Waals surface area (Å²) < 4.78 is 0. The highest BCUT2D eigenvalue weighted by Gasteiger charge is 2.50. The molecule has 26 heavy (non-hydrogen) atoms. The third kappa shape index (κ3) is 3.37. The van der Waals surface area contributed by atoms with Gasteiger partial charge in [0.1, 0.15) is 6.04 Å². The number of carbonyl (C=O) groups is 3. The fourth-order valence-electron chi connectivity index (χ4n) is 4.48. The molecule has 3 fully saturated rings. The number of hydrogen-bond donors (Lipinski definition) is 1. The largest absolute Gasteiger partial charge is 0.353 e. The van der Waals surface area contributed by atoms with Gasteiger partial charge >= 0.3 is 6.03 Å². The van der Waals surface area contributed by atoms with Crippen molar-refractivity contribution in [1.82, 2.24) is 15.1 Å². The second-order valence-electron chi connectivity index (χ2n) is 7.54. The Labute approximate surface area is 157 Å². The number of hydrogen-bond acceptors (Lipinski definition) is 4. The number of carbonyl (C=O) groups excluding carboxylic acids is 3. The first kappa shape index (κ1) is 17.5. The molecule has 2 unspecified atom stereocenters. The summed E-state index contributed by atoms with van der Waals surface area (Å²) in [6, 6.07) is 3.41. The smallest absolute Gasteiger partial charge is 0.327 e. The maximum absolute atomic E-state index is 12.9. The molecule has 4 amide bonds. The van der Waals surface area contributed by atoms with E-state index in [4.69, 9.17) is 0 Å². The topological polar surface area (TPSA) is 69.7 Å². The Morgan fingerprint density at radius 2 is 2.00 bits per heavy atom. The third-order valence-corrected chi connectivity index (χ3v) is 6.67. The monoisotopic (exact) mass is 375 g/mol. The number of urea groups is 1. The number of rotatable bonds is 4. The molecule has 0 bridgehead atoms. The number of nitrogens with zero attached hydrogens (tertiary/aromatic N) is 2. The Kier molecular flexibility index (Phi) is 4.98. The number of piperidine rings is 1. The quantitative estimate of drug-likeness (QED) is 0.822. The molecule has 1 N–H and O–H groups in total. The lowest BCUT2D eigenvalue weighted by Gasteiger charge is -2.32. The first-order chi connectivity index (χ1) is 12.6. The van der Waals surface area contributed by atoms with Gasteiger partial charge in [0, 0.05) is 23.5 Å². The van der Waals surface area contributed by atoms with Crippen molar-refractivity contribution in [1.29, 1.82) is 0 Å². The van der Waals surface area contributed by atoms with Gasteiger partial charge in [0.05, 0.1) is 6.42 Å². The van der Waals surface area contributed by atoms with E-state index in [9.17, 15) is 14.4 Å². The zero-order chi connectivity index (χ0) is 18.1. The van der Waals surface area contributed by atoms with Crippen molar-refractivity contribution in [2.75, 3.05) is 6.54 Å². The van der Waals surface area contributed by atoms with E-state index in [0.717, 1.165) is 30.6 Å². The minimum atomic E-state index is -0.398. The Morgan fingerprint density at radius 1 is 1.19 bits per heavy atom. The molecular formula is C19H25N3O3S. The fraction of sp³-hybridized carbons (Fsp3) is 0.632. The predicted octanol–water partition coefficient (Wildman–Crippen LogP) is 2.53. The predicted molar refractivity (Wildman–Crippen MR) is 98.8 cm³/mol. The second kappa shape index (κ2) is 7.39. The highest BCUT2D eigenvalue weighted by Crippen LogP contribution is 2.32. The first-order valence-electron chi connectivity index (χ1n) is 9.59. The van der Waals surface area contributed by atoms with Crippen LogP contribution in [0.3, 0.4) is 0 Å². The molecule has 6 nitrogen and oxygen atoms in total. The van der Waals surface area contributed by atoms with Gasteiger partial charge in [-0.15, -0.1) is 11.3 Å². The highest BCUT2D eigenvalue weighted by molar-refractivity contribution is 7.10. The lowest BCUT2D eigenvalue weighted by Crippen LogP contribution is -2.50. The van der Waals surface area contributed by atoms with E-state index >= 15 is 0 Å². The van der Waals surface area contributed by atoms with Gasteiger partial charge in [-0.1, -0.05) is 25.3 Å². The van der Waals surface area contributed by atoms with Crippen molar-refractivity contribution < 1.29 is 14.4 Å². The van der Waals surface area contributed by atoms with E-state index in [1.807, 2.05) is 17.5 Å². The van der Waals surface area contributed by atoms with Crippen molar-refractivity contribution >= 4 is 29.2 Å². The summed E-state index contributed by atoms with van der Waals surface area (Å²) in [6.45, 7) is 0.544. The molecule has 0 spiro atoms. The van der Waals surface area contributed by atoms with Gasteiger partial charge in [-0.25, -0.2) is 4.79 Å². The first-order valence-corrected chi connectivity index (χ1v) is 10.5. The average molecular weight is 375 g/mol. The molecule has 0 radical (unpaired) electrons. The van der Waals surface area contributed by atoms with Crippen LogP contribution >= 0.6 is 11.3 Å². The van der Waals surface area contributed by atoms with Crippen molar-refractivity contribution in [3.8, 4) is 0 Å². The number of imide groups is 1. The fourth-order valence-corrected chi connectivity index (χ4v) is 5.18. The zero-order valence-electron chi connectivity index (χ0n) is 14.9. The van der Waals surface area contributed by atoms with E-state index in [1.54, 1.807) is 16.2 Å². The van der Waals surface area contributed by atoms with Crippen LogP contribution in [-0.2, 0) is 16.0 Å². The number of fused-ring (bicyclic) bond motifs is 1. The lowest BCUT2D eigenvalue weighted by atomic mass is 9.93. The van der Waals surface area contributed by atoms with E-state index in [0.29, 0.717) is 25.8 Å². The lowest BCUT2D eigenvalue weighted by molar-refractivity contribution is -0.131. The van der Waals surface area contributed by atoms with Crippen LogP contribution in [0.2, 0.25) is 0 Å². The molecule has 2 atom stereocenters. The molecule has 140 valence electrons. The van der Waals surface area contributed by atoms with Crippen LogP contribution in [-0.4, -0.2) is 52.3 Å². The number of amides is 4.